The molecule has 4 heteroatoms. The summed E-state index contributed by atoms with van der Waals surface area (Å²) in [6.07, 6.45) is 0. The molecule has 0 saturated carbocycles. The summed E-state index contributed by atoms with van der Waals surface area (Å²) >= 11 is 5.87. The normalized spacial score (nSPS) is 13.8. The van der Waals surface area contributed by atoms with E-state index in [1.165, 1.54) is 0 Å². The standard InChI is InChI=1S/C15H14ClNO2/c1-11(17(18)19)15(12-5-3-2-4-6-12)13-7-9-14(16)10-8-13/h2-11,15H,1H3/t11-,15+/m1/s1. The molecule has 0 aliphatic heterocycles. The average molecular weight is 276 g/mol. The van der Waals surface area contributed by atoms with Gasteiger partial charge in [-0.3, -0.25) is 10.1 Å². The fraction of sp³-hybridized carbons (Fsp3) is 0.200. The number of nitrogens with zero attached hydrogens (tertiary/aromatic N) is 1. The first-order valence-corrected chi connectivity index (χ1v) is 6.41. The summed E-state index contributed by atoms with van der Waals surface area (Å²) in [4.78, 5) is 10.9. The second kappa shape index (κ2) is 5.85. The molecular formula is C15H14ClNO2. The summed E-state index contributed by atoms with van der Waals surface area (Å²) in [5.41, 5.74) is 1.84. The molecule has 0 fully saturated rings. The predicted molar refractivity (Wildman–Crippen MR) is 76.2 cm³/mol. The highest BCUT2D eigenvalue weighted by molar-refractivity contribution is 6.30. The molecule has 98 valence electrons. The molecule has 0 radical (unpaired) electrons. The lowest BCUT2D eigenvalue weighted by atomic mass is 9.86. The van der Waals surface area contributed by atoms with Crippen LogP contribution in [0, 0.1) is 10.1 Å². The zero-order chi connectivity index (χ0) is 13.8. The Bertz CT molecular complexity index is 554. The number of halogens is 1. The molecule has 0 aliphatic rings. The van der Waals surface area contributed by atoms with Crippen LogP contribution in [0.1, 0.15) is 24.0 Å². The quantitative estimate of drug-likeness (QED) is 0.622. The van der Waals surface area contributed by atoms with E-state index in [1.807, 2.05) is 42.5 Å². The van der Waals surface area contributed by atoms with Crippen molar-refractivity contribution in [2.24, 2.45) is 0 Å². The van der Waals surface area contributed by atoms with E-state index >= 15 is 0 Å². The van der Waals surface area contributed by atoms with Crippen LogP contribution in [0.5, 0.6) is 0 Å². The maximum atomic E-state index is 11.1. The fourth-order valence-corrected chi connectivity index (χ4v) is 2.33. The second-order valence-corrected chi connectivity index (χ2v) is 4.90. The van der Waals surface area contributed by atoms with Gasteiger partial charge in [0.25, 0.3) is 0 Å². The highest BCUT2D eigenvalue weighted by Gasteiger charge is 2.29. The first-order chi connectivity index (χ1) is 9.09. The molecule has 0 unspecified atom stereocenters. The van der Waals surface area contributed by atoms with Crippen LogP contribution in [0.25, 0.3) is 0 Å². The molecule has 0 N–H and O–H groups in total. The van der Waals surface area contributed by atoms with Crippen LogP contribution in [0.3, 0.4) is 0 Å². The summed E-state index contributed by atoms with van der Waals surface area (Å²) in [5.74, 6) is -0.270. The van der Waals surface area contributed by atoms with Crippen LogP contribution in [0.15, 0.2) is 54.6 Å². The van der Waals surface area contributed by atoms with Crippen LogP contribution in [0.2, 0.25) is 5.02 Å². The van der Waals surface area contributed by atoms with Crippen molar-refractivity contribution in [3.63, 3.8) is 0 Å². The Balaban J connectivity index is 2.45. The number of rotatable bonds is 4. The fourth-order valence-electron chi connectivity index (χ4n) is 2.20. The summed E-state index contributed by atoms with van der Waals surface area (Å²) < 4.78 is 0. The van der Waals surface area contributed by atoms with E-state index in [2.05, 4.69) is 0 Å². The van der Waals surface area contributed by atoms with Crippen molar-refractivity contribution in [1.82, 2.24) is 0 Å². The largest absolute Gasteiger partial charge is 0.264 e. The van der Waals surface area contributed by atoms with Crippen LogP contribution in [0.4, 0.5) is 0 Å². The van der Waals surface area contributed by atoms with E-state index in [1.54, 1.807) is 19.1 Å². The van der Waals surface area contributed by atoms with Gasteiger partial charge in [-0.05, 0) is 23.3 Å². The van der Waals surface area contributed by atoms with Crippen LogP contribution in [-0.4, -0.2) is 11.0 Å². The van der Waals surface area contributed by atoms with Gasteiger partial charge in [0.1, 0.15) is 0 Å². The Labute approximate surface area is 117 Å². The molecule has 0 bridgehead atoms. The highest BCUT2D eigenvalue weighted by Crippen LogP contribution is 2.30. The Kier molecular flexibility index (Phi) is 4.17. The molecular weight excluding hydrogens is 262 g/mol. The van der Waals surface area contributed by atoms with E-state index in [0.717, 1.165) is 11.1 Å². The molecule has 3 nitrogen and oxygen atoms in total. The smallest absolute Gasteiger partial charge is 0.221 e. The summed E-state index contributed by atoms with van der Waals surface area (Å²) in [6.45, 7) is 1.63. The molecule has 0 aromatic heterocycles. The minimum Gasteiger partial charge on any atom is -0.264 e. The monoisotopic (exact) mass is 275 g/mol. The molecule has 0 aliphatic carbocycles. The molecule has 0 amide bonds. The van der Waals surface area contributed by atoms with Gasteiger partial charge < -0.3 is 0 Å². The van der Waals surface area contributed by atoms with E-state index in [-0.39, 0.29) is 10.8 Å². The van der Waals surface area contributed by atoms with Crippen molar-refractivity contribution in [2.45, 2.75) is 18.9 Å². The summed E-state index contributed by atoms with van der Waals surface area (Å²) in [6, 6.07) is 16.1. The van der Waals surface area contributed by atoms with E-state index in [9.17, 15) is 10.1 Å². The molecule has 0 saturated heterocycles. The molecule has 2 aromatic carbocycles. The maximum absolute atomic E-state index is 11.1. The van der Waals surface area contributed by atoms with Crippen molar-refractivity contribution in [3.8, 4) is 0 Å². The Morgan fingerprint density at radius 2 is 1.53 bits per heavy atom. The van der Waals surface area contributed by atoms with Crippen molar-refractivity contribution in [3.05, 3.63) is 80.9 Å². The molecule has 0 heterocycles. The van der Waals surface area contributed by atoms with Gasteiger partial charge in [-0.1, -0.05) is 54.1 Å². The van der Waals surface area contributed by atoms with Crippen LogP contribution >= 0.6 is 11.6 Å². The van der Waals surface area contributed by atoms with Gasteiger partial charge in [-0.15, -0.1) is 0 Å². The zero-order valence-electron chi connectivity index (χ0n) is 10.5. The van der Waals surface area contributed by atoms with Gasteiger partial charge in [0.05, 0.1) is 5.92 Å². The molecule has 0 spiro atoms. The van der Waals surface area contributed by atoms with Gasteiger partial charge in [-0.2, -0.15) is 0 Å². The topological polar surface area (TPSA) is 43.1 Å². The van der Waals surface area contributed by atoms with E-state index < -0.39 is 6.04 Å². The Morgan fingerprint density at radius 1 is 1.00 bits per heavy atom. The lowest BCUT2D eigenvalue weighted by Gasteiger charge is -2.19. The number of hydrogen-bond acceptors (Lipinski definition) is 2. The van der Waals surface area contributed by atoms with Crippen molar-refractivity contribution in [1.29, 1.82) is 0 Å². The first-order valence-electron chi connectivity index (χ1n) is 6.03. The van der Waals surface area contributed by atoms with Crippen molar-refractivity contribution < 1.29 is 4.92 Å². The predicted octanol–water partition coefficient (Wildman–Crippen LogP) is 4.14. The minimum absolute atomic E-state index is 0.244. The Hall–Kier alpha value is -1.87. The van der Waals surface area contributed by atoms with Crippen molar-refractivity contribution >= 4 is 11.6 Å². The Morgan fingerprint density at radius 3 is 2.05 bits per heavy atom. The lowest BCUT2D eigenvalue weighted by molar-refractivity contribution is -0.520. The summed E-state index contributed by atoms with van der Waals surface area (Å²) in [5, 5.41) is 11.8. The highest BCUT2D eigenvalue weighted by atomic mass is 35.5. The van der Waals surface area contributed by atoms with Crippen molar-refractivity contribution in [2.75, 3.05) is 0 Å². The zero-order valence-corrected chi connectivity index (χ0v) is 11.2. The van der Waals surface area contributed by atoms with Crippen LogP contribution < -0.4 is 0 Å². The molecule has 19 heavy (non-hydrogen) atoms. The second-order valence-electron chi connectivity index (χ2n) is 4.47. The van der Waals surface area contributed by atoms with Gasteiger partial charge in [0.2, 0.25) is 6.04 Å². The lowest BCUT2D eigenvalue weighted by Crippen LogP contribution is -2.25. The average Bonchev–Trinajstić information content (AvgIpc) is 2.42. The third-order valence-electron chi connectivity index (χ3n) is 3.20. The van der Waals surface area contributed by atoms with Gasteiger partial charge in [-0.25, -0.2) is 0 Å². The molecule has 2 atom stereocenters. The number of hydrogen-bond donors (Lipinski definition) is 0. The first kappa shape index (κ1) is 13.6. The van der Waals surface area contributed by atoms with E-state index in [0.29, 0.717) is 5.02 Å². The third-order valence-corrected chi connectivity index (χ3v) is 3.45. The summed E-state index contributed by atoms with van der Waals surface area (Å²) in [7, 11) is 0. The van der Waals surface area contributed by atoms with Gasteiger partial charge in [0, 0.05) is 16.9 Å². The number of benzene rings is 2. The number of nitro groups is 1. The van der Waals surface area contributed by atoms with Crippen LogP contribution in [-0.2, 0) is 0 Å². The molecule has 2 rings (SSSR count). The minimum atomic E-state index is -0.691. The van der Waals surface area contributed by atoms with E-state index in [4.69, 9.17) is 11.6 Å². The third kappa shape index (κ3) is 3.12. The van der Waals surface area contributed by atoms with Gasteiger partial charge in [0.15, 0.2) is 0 Å². The molecule has 2 aromatic rings. The van der Waals surface area contributed by atoms with Gasteiger partial charge >= 0.3 is 0 Å². The maximum Gasteiger partial charge on any atom is 0.221 e. The SMILES string of the molecule is C[C@H]([C@@H](c1ccccc1)c1ccc(Cl)cc1)[N+](=O)[O-].